The molecule has 0 spiro atoms. The Bertz CT molecular complexity index is 745. The van der Waals surface area contributed by atoms with E-state index in [9.17, 15) is 18.5 Å². The number of hydrogen-bond donors (Lipinski definition) is 2. The Labute approximate surface area is 124 Å². The Balaban J connectivity index is 2.48. The summed E-state index contributed by atoms with van der Waals surface area (Å²) in [6, 6.07) is 3.81. The summed E-state index contributed by atoms with van der Waals surface area (Å²) in [4.78, 5) is 9.83. The van der Waals surface area contributed by atoms with Gasteiger partial charge in [-0.05, 0) is 19.1 Å². The van der Waals surface area contributed by atoms with E-state index in [0.29, 0.717) is 12.2 Å². The van der Waals surface area contributed by atoms with Gasteiger partial charge in [0.2, 0.25) is 5.13 Å². The number of rotatable bonds is 6. The molecule has 112 valence electrons. The molecule has 21 heavy (non-hydrogen) atoms. The van der Waals surface area contributed by atoms with Gasteiger partial charge in [0.1, 0.15) is 5.51 Å². The summed E-state index contributed by atoms with van der Waals surface area (Å²) >= 11 is 0.975. The van der Waals surface area contributed by atoms with Crippen molar-refractivity contribution in [1.29, 1.82) is 0 Å². The number of aromatic nitrogens is 2. The minimum atomic E-state index is -4.12. The maximum atomic E-state index is 12.3. The SMILES string of the molecule is CCNc1ccc([N+](=O)[O-])c(S(=O)(=O)Nc2nncs2)c1. The number of nitrogens with one attached hydrogen (secondary N) is 2. The van der Waals surface area contributed by atoms with E-state index in [0.717, 1.165) is 17.4 Å². The van der Waals surface area contributed by atoms with Crippen molar-refractivity contribution in [3.05, 3.63) is 33.8 Å². The van der Waals surface area contributed by atoms with Gasteiger partial charge >= 0.3 is 0 Å². The van der Waals surface area contributed by atoms with Gasteiger partial charge in [0, 0.05) is 18.3 Å². The maximum Gasteiger partial charge on any atom is 0.290 e. The van der Waals surface area contributed by atoms with Crippen LogP contribution >= 0.6 is 11.3 Å². The standard InChI is InChI=1S/C10H11N5O4S2/c1-2-11-7-3-4-8(15(16)17)9(5-7)21(18,19)14-10-13-12-6-20-10/h3-6,11H,2H2,1H3,(H,13,14). The van der Waals surface area contributed by atoms with Crippen LogP contribution in [0.1, 0.15) is 6.92 Å². The highest BCUT2D eigenvalue weighted by molar-refractivity contribution is 7.93. The van der Waals surface area contributed by atoms with Gasteiger partial charge in [-0.3, -0.25) is 14.8 Å². The number of benzene rings is 1. The molecule has 0 saturated carbocycles. The summed E-state index contributed by atoms with van der Waals surface area (Å²) in [6.07, 6.45) is 0. The molecule has 0 aliphatic carbocycles. The molecule has 0 amide bonds. The van der Waals surface area contributed by atoms with E-state index in [2.05, 4.69) is 20.2 Å². The molecule has 1 aromatic heterocycles. The number of nitro groups is 1. The predicted molar refractivity (Wildman–Crippen MR) is 78.0 cm³/mol. The molecule has 1 heterocycles. The third kappa shape index (κ3) is 3.44. The zero-order valence-electron chi connectivity index (χ0n) is 10.8. The van der Waals surface area contributed by atoms with Crippen LogP contribution in [-0.4, -0.2) is 30.1 Å². The molecule has 0 bridgehead atoms. The first-order chi connectivity index (χ1) is 9.94. The molecule has 0 aliphatic rings. The second kappa shape index (κ2) is 6.01. The van der Waals surface area contributed by atoms with Crippen molar-refractivity contribution in [2.45, 2.75) is 11.8 Å². The lowest BCUT2D eigenvalue weighted by Gasteiger charge is -2.08. The Morgan fingerprint density at radius 1 is 1.43 bits per heavy atom. The van der Waals surface area contributed by atoms with Gasteiger partial charge in [-0.25, -0.2) is 8.42 Å². The van der Waals surface area contributed by atoms with Crippen molar-refractivity contribution >= 4 is 37.9 Å². The van der Waals surface area contributed by atoms with Crippen LogP contribution in [-0.2, 0) is 10.0 Å². The maximum absolute atomic E-state index is 12.3. The molecule has 2 N–H and O–H groups in total. The number of nitro benzene ring substituents is 1. The Kier molecular flexibility index (Phi) is 4.33. The topological polar surface area (TPSA) is 127 Å². The largest absolute Gasteiger partial charge is 0.385 e. The average Bonchev–Trinajstić information content (AvgIpc) is 2.91. The molecular weight excluding hydrogens is 318 g/mol. The molecule has 2 rings (SSSR count). The average molecular weight is 329 g/mol. The number of hydrogen-bond acceptors (Lipinski definition) is 8. The van der Waals surface area contributed by atoms with Gasteiger partial charge in [0.15, 0.2) is 4.90 Å². The number of sulfonamides is 1. The van der Waals surface area contributed by atoms with Crippen molar-refractivity contribution in [2.24, 2.45) is 0 Å². The van der Waals surface area contributed by atoms with E-state index in [1.807, 2.05) is 6.92 Å². The van der Waals surface area contributed by atoms with Crippen LogP contribution < -0.4 is 10.0 Å². The summed E-state index contributed by atoms with van der Waals surface area (Å²) in [5.74, 6) is 0. The smallest absolute Gasteiger partial charge is 0.290 e. The summed E-state index contributed by atoms with van der Waals surface area (Å²) in [7, 11) is -4.12. The summed E-state index contributed by atoms with van der Waals surface area (Å²) in [5, 5.41) is 21.0. The Hall–Kier alpha value is -2.27. The molecular formula is C10H11N5O4S2. The third-order valence-corrected chi connectivity index (χ3v) is 4.51. The van der Waals surface area contributed by atoms with E-state index < -0.39 is 25.5 Å². The molecule has 11 heteroatoms. The van der Waals surface area contributed by atoms with Crippen LogP contribution in [0, 0.1) is 10.1 Å². The molecule has 0 aliphatic heterocycles. The van der Waals surface area contributed by atoms with Crippen LogP contribution in [0.5, 0.6) is 0 Å². The van der Waals surface area contributed by atoms with Crippen LogP contribution in [0.25, 0.3) is 0 Å². The highest BCUT2D eigenvalue weighted by Gasteiger charge is 2.27. The molecule has 0 fully saturated rings. The van der Waals surface area contributed by atoms with Crippen molar-refractivity contribution in [2.75, 3.05) is 16.6 Å². The lowest BCUT2D eigenvalue weighted by atomic mass is 10.3. The lowest BCUT2D eigenvalue weighted by Crippen LogP contribution is -2.15. The highest BCUT2D eigenvalue weighted by atomic mass is 32.2. The second-order valence-electron chi connectivity index (χ2n) is 3.82. The first kappa shape index (κ1) is 15.1. The molecule has 0 atom stereocenters. The zero-order chi connectivity index (χ0) is 15.5. The van der Waals surface area contributed by atoms with Gasteiger partial charge in [-0.1, -0.05) is 11.3 Å². The fourth-order valence-electron chi connectivity index (χ4n) is 1.58. The van der Waals surface area contributed by atoms with Gasteiger partial charge in [-0.15, -0.1) is 10.2 Å². The first-order valence-corrected chi connectivity index (χ1v) is 8.11. The van der Waals surface area contributed by atoms with E-state index in [1.165, 1.54) is 17.6 Å². The molecule has 1 aromatic carbocycles. The molecule has 9 nitrogen and oxygen atoms in total. The van der Waals surface area contributed by atoms with Crippen LogP contribution in [0.3, 0.4) is 0 Å². The minimum absolute atomic E-state index is 0.0400. The number of anilines is 2. The second-order valence-corrected chi connectivity index (χ2v) is 6.30. The van der Waals surface area contributed by atoms with Gasteiger partial charge in [0.25, 0.3) is 15.7 Å². The summed E-state index contributed by atoms with van der Waals surface area (Å²) in [6.45, 7) is 2.39. The van der Waals surface area contributed by atoms with E-state index in [-0.39, 0.29) is 5.13 Å². The van der Waals surface area contributed by atoms with Crippen molar-refractivity contribution in [1.82, 2.24) is 10.2 Å². The van der Waals surface area contributed by atoms with E-state index >= 15 is 0 Å². The Morgan fingerprint density at radius 3 is 2.76 bits per heavy atom. The van der Waals surface area contributed by atoms with Crippen molar-refractivity contribution in [3.63, 3.8) is 0 Å². The fraction of sp³-hybridized carbons (Fsp3) is 0.200. The minimum Gasteiger partial charge on any atom is -0.385 e. The predicted octanol–water partition coefficient (Wildman–Crippen LogP) is 1.68. The molecule has 2 aromatic rings. The van der Waals surface area contributed by atoms with Crippen LogP contribution in [0.15, 0.2) is 28.6 Å². The highest BCUT2D eigenvalue weighted by Crippen LogP contribution is 2.28. The molecule has 0 saturated heterocycles. The van der Waals surface area contributed by atoms with E-state index in [4.69, 9.17) is 0 Å². The van der Waals surface area contributed by atoms with Crippen LogP contribution in [0.2, 0.25) is 0 Å². The van der Waals surface area contributed by atoms with Gasteiger partial charge < -0.3 is 5.32 Å². The first-order valence-electron chi connectivity index (χ1n) is 5.75. The number of nitrogens with zero attached hydrogens (tertiary/aromatic N) is 3. The van der Waals surface area contributed by atoms with Crippen molar-refractivity contribution in [3.8, 4) is 0 Å². The lowest BCUT2D eigenvalue weighted by molar-refractivity contribution is -0.387. The molecule has 0 radical (unpaired) electrons. The monoisotopic (exact) mass is 329 g/mol. The van der Waals surface area contributed by atoms with Crippen molar-refractivity contribution < 1.29 is 13.3 Å². The van der Waals surface area contributed by atoms with Crippen LogP contribution in [0.4, 0.5) is 16.5 Å². The summed E-state index contributed by atoms with van der Waals surface area (Å²) < 4.78 is 26.7. The Morgan fingerprint density at radius 2 is 2.19 bits per heavy atom. The fourth-order valence-corrected chi connectivity index (χ4v) is 3.47. The quantitative estimate of drug-likeness (QED) is 0.609. The third-order valence-electron chi connectivity index (χ3n) is 2.41. The van der Waals surface area contributed by atoms with Gasteiger partial charge in [-0.2, -0.15) is 0 Å². The zero-order valence-corrected chi connectivity index (χ0v) is 12.4. The van der Waals surface area contributed by atoms with Gasteiger partial charge in [0.05, 0.1) is 4.92 Å². The summed E-state index contributed by atoms with van der Waals surface area (Å²) in [5.41, 5.74) is 1.32. The van der Waals surface area contributed by atoms with E-state index in [1.54, 1.807) is 0 Å². The molecule has 0 unspecified atom stereocenters. The normalized spacial score (nSPS) is 11.1.